The topological polar surface area (TPSA) is 90.5 Å². The second kappa shape index (κ2) is 8.86. The fraction of sp³-hybridized carbons (Fsp3) is 0.609. The van der Waals surface area contributed by atoms with Gasteiger partial charge in [0.15, 0.2) is 0 Å². The van der Waals surface area contributed by atoms with Gasteiger partial charge in [0.05, 0.1) is 0 Å². The van der Waals surface area contributed by atoms with Crippen LogP contribution in [0.15, 0.2) is 18.2 Å². The fourth-order valence-corrected chi connectivity index (χ4v) is 5.10. The normalized spacial score (nSPS) is 23.6. The number of benzene rings is 1. The van der Waals surface area contributed by atoms with Crippen molar-refractivity contribution >= 4 is 17.7 Å². The first-order valence-electron chi connectivity index (χ1n) is 11.1. The minimum Gasteiger partial charge on any atom is -0.322 e. The largest absolute Gasteiger partial charge is 0.322 e. The van der Waals surface area contributed by atoms with Gasteiger partial charge >= 0.3 is 0 Å². The molecule has 0 aliphatic carbocycles. The minimum absolute atomic E-state index is 0.111. The smallest absolute Gasteiger partial charge is 0.255 e. The van der Waals surface area contributed by atoms with E-state index in [4.69, 9.17) is 0 Å². The summed E-state index contributed by atoms with van der Waals surface area (Å²) in [4.78, 5) is 38.2. The van der Waals surface area contributed by atoms with Crippen molar-refractivity contribution in [1.29, 1.82) is 0 Å². The molecule has 1 aromatic rings. The maximum absolute atomic E-state index is 13.0. The molecule has 3 aliphatic rings. The van der Waals surface area contributed by atoms with Gasteiger partial charge in [0.2, 0.25) is 11.8 Å². The number of carbonyl (C=O) groups excluding carboxylic acids is 3. The molecule has 2 unspecified atom stereocenters. The Morgan fingerprint density at radius 2 is 1.90 bits per heavy atom. The molecule has 0 bridgehead atoms. The molecule has 7 nitrogen and oxygen atoms in total. The molecule has 0 spiro atoms. The van der Waals surface area contributed by atoms with Gasteiger partial charge in [-0.25, -0.2) is 0 Å². The molecule has 2 saturated heterocycles. The number of fused-ring (bicyclic) bond motifs is 1. The Bertz CT molecular complexity index is 832. The molecule has 0 radical (unpaired) electrons. The number of nitrogens with one attached hydrogen (secondary N) is 3. The maximum atomic E-state index is 13.0. The average Bonchev–Trinajstić information content (AvgIpc) is 3.05. The standard InChI is InChI=1S/C23H32N4O3/c1-14(2)21(16-7-9-24-10-8-16)25-12-15-3-4-17-13-27(23(30)18(17)11-15)19-5-6-20(28)26-22(19)29/h3-4,11,14,16,19,21,24-25H,5-10,12-13H2,1-2H3,(H,26,28,29). The number of hydrogen-bond acceptors (Lipinski definition) is 5. The molecule has 30 heavy (non-hydrogen) atoms. The van der Waals surface area contributed by atoms with Gasteiger partial charge < -0.3 is 15.5 Å². The summed E-state index contributed by atoms with van der Waals surface area (Å²) in [5, 5.41) is 9.53. The summed E-state index contributed by atoms with van der Waals surface area (Å²) >= 11 is 0. The molecule has 7 heteroatoms. The van der Waals surface area contributed by atoms with Gasteiger partial charge in [-0.1, -0.05) is 26.0 Å². The minimum atomic E-state index is -0.561. The summed E-state index contributed by atoms with van der Waals surface area (Å²) in [7, 11) is 0. The second-order valence-corrected chi connectivity index (χ2v) is 9.13. The Kier molecular flexibility index (Phi) is 6.20. The van der Waals surface area contributed by atoms with Gasteiger partial charge in [-0.3, -0.25) is 19.7 Å². The van der Waals surface area contributed by atoms with Crippen LogP contribution in [0.3, 0.4) is 0 Å². The van der Waals surface area contributed by atoms with Crippen LogP contribution in [0.5, 0.6) is 0 Å². The number of rotatable bonds is 6. The lowest BCUT2D eigenvalue weighted by atomic mass is 9.84. The van der Waals surface area contributed by atoms with Crippen molar-refractivity contribution in [2.75, 3.05) is 13.1 Å². The van der Waals surface area contributed by atoms with Crippen molar-refractivity contribution in [2.24, 2.45) is 11.8 Å². The van der Waals surface area contributed by atoms with Crippen molar-refractivity contribution in [3.8, 4) is 0 Å². The Morgan fingerprint density at radius 3 is 2.60 bits per heavy atom. The van der Waals surface area contributed by atoms with E-state index >= 15 is 0 Å². The van der Waals surface area contributed by atoms with Crippen LogP contribution >= 0.6 is 0 Å². The molecule has 2 fully saturated rings. The zero-order chi connectivity index (χ0) is 21.3. The summed E-state index contributed by atoms with van der Waals surface area (Å²) in [5.41, 5.74) is 2.72. The lowest BCUT2D eigenvalue weighted by Gasteiger charge is -2.34. The molecular formula is C23H32N4O3. The van der Waals surface area contributed by atoms with Gasteiger partial charge in [0.25, 0.3) is 5.91 Å². The summed E-state index contributed by atoms with van der Waals surface area (Å²) in [6.45, 7) is 7.86. The lowest BCUT2D eigenvalue weighted by molar-refractivity contribution is -0.136. The highest BCUT2D eigenvalue weighted by molar-refractivity contribution is 6.05. The highest BCUT2D eigenvalue weighted by Gasteiger charge is 2.39. The first-order valence-corrected chi connectivity index (χ1v) is 11.1. The molecule has 3 heterocycles. The van der Waals surface area contributed by atoms with Crippen molar-refractivity contribution in [3.05, 3.63) is 34.9 Å². The van der Waals surface area contributed by atoms with E-state index in [0.717, 1.165) is 30.8 Å². The Balaban J connectivity index is 1.43. The summed E-state index contributed by atoms with van der Waals surface area (Å²) in [6, 6.07) is 5.94. The quantitative estimate of drug-likeness (QED) is 0.617. The third-order valence-corrected chi connectivity index (χ3v) is 6.74. The number of imide groups is 1. The lowest BCUT2D eigenvalue weighted by Crippen LogP contribution is -2.52. The molecule has 0 aromatic heterocycles. The van der Waals surface area contributed by atoms with Crippen LogP contribution in [0.4, 0.5) is 0 Å². The molecule has 3 N–H and O–H groups in total. The number of amides is 3. The first kappa shape index (κ1) is 21.0. The molecule has 0 saturated carbocycles. The predicted octanol–water partition coefficient (Wildman–Crippen LogP) is 1.56. The fourth-order valence-electron chi connectivity index (χ4n) is 5.10. The van der Waals surface area contributed by atoms with Crippen molar-refractivity contribution in [2.45, 2.75) is 64.7 Å². The van der Waals surface area contributed by atoms with Crippen molar-refractivity contribution < 1.29 is 14.4 Å². The second-order valence-electron chi connectivity index (χ2n) is 9.13. The SMILES string of the molecule is CC(C)C(NCc1ccc2c(c1)C(=O)N(C1CCC(=O)NC1=O)C2)C1CCNCC1. The van der Waals surface area contributed by atoms with E-state index in [9.17, 15) is 14.4 Å². The number of nitrogens with zero attached hydrogens (tertiary/aromatic N) is 1. The van der Waals surface area contributed by atoms with E-state index in [1.54, 1.807) is 4.90 Å². The Hall–Kier alpha value is -2.25. The van der Waals surface area contributed by atoms with Crippen molar-refractivity contribution in [1.82, 2.24) is 20.9 Å². The van der Waals surface area contributed by atoms with Crippen LogP contribution in [0, 0.1) is 11.8 Å². The van der Waals surface area contributed by atoms with Gasteiger partial charge in [-0.05, 0) is 61.4 Å². The van der Waals surface area contributed by atoms with E-state index in [-0.39, 0.29) is 24.1 Å². The highest BCUT2D eigenvalue weighted by atomic mass is 16.2. The van der Waals surface area contributed by atoms with Crippen LogP contribution in [0.1, 0.15) is 61.0 Å². The van der Waals surface area contributed by atoms with Gasteiger partial charge in [0.1, 0.15) is 6.04 Å². The molecule has 3 aliphatic heterocycles. The third kappa shape index (κ3) is 4.27. The summed E-state index contributed by atoms with van der Waals surface area (Å²) < 4.78 is 0. The van der Waals surface area contributed by atoms with Crippen LogP contribution < -0.4 is 16.0 Å². The van der Waals surface area contributed by atoms with Gasteiger partial charge in [-0.2, -0.15) is 0 Å². The summed E-state index contributed by atoms with van der Waals surface area (Å²) in [5.74, 6) is 0.482. The maximum Gasteiger partial charge on any atom is 0.255 e. The molecule has 1 aromatic carbocycles. The third-order valence-electron chi connectivity index (χ3n) is 6.74. The van der Waals surface area contributed by atoms with E-state index < -0.39 is 6.04 Å². The zero-order valence-electron chi connectivity index (χ0n) is 17.9. The van der Waals surface area contributed by atoms with Crippen LogP contribution in [0.2, 0.25) is 0 Å². The molecule has 2 atom stereocenters. The highest BCUT2D eigenvalue weighted by Crippen LogP contribution is 2.28. The van der Waals surface area contributed by atoms with E-state index in [1.807, 2.05) is 12.1 Å². The molecule has 4 rings (SSSR count). The van der Waals surface area contributed by atoms with Gasteiger partial charge in [0, 0.05) is 31.1 Å². The number of piperidine rings is 2. The van der Waals surface area contributed by atoms with Crippen LogP contribution in [0.25, 0.3) is 0 Å². The predicted molar refractivity (Wildman–Crippen MR) is 114 cm³/mol. The van der Waals surface area contributed by atoms with E-state index in [1.165, 1.54) is 12.8 Å². The van der Waals surface area contributed by atoms with Crippen LogP contribution in [-0.4, -0.2) is 47.8 Å². The molecule has 3 amide bonds. The summed E-state index contributed by atoms with van der Waals surface area (Å²) in [6.07, 6.45) is 3.06. The van der Waals surface area contributed by atoms with Crippen molar-refractivity contribution in [3.63, 3.8) is 0 Å². The number of carbonyl (C=O) groups is 3. The number of hydrogen-bond donors (Lipinski definition) is 3. The van der Waals surface area contributed by atoms with E-state index in [2.05, 4.69) is 35.9 Å². The van der Waals surface area contributed by atoms with Gasteiger partial charge in [-0.15, -0.1) is 0 Å². The molecular weight excluding hydrogens is 380 g/mol. The van der Waals surface area contributed by atoms with Crippen LogP contribution in [-0.2, 0) is 22.7 Å². The first-order chi connectivity index (χ1) is 14.4. The Morgan fingerprint density at radius 1 is 1.13 bits per heavy atom. The zero-order valence-corrected chi connectivity index (χ0v) is 17.9. The average molecular weight is 413 g/mol. The Labute approximate surface area is 178 Å². The molecule has 162 valence electrons. The monoisotopic (exact) mass is 412 g/mol. The van der Waals surface area contributed by atoms with E-state index in [0.29, 0.717) is 36.4 Å².